The number of aromatic nitrogens is 2. The molecule has 0 spiro atoms. The predicted molar refractivity (Wildman–Crippen MR) is 161 cm³/mol. The molecule has 1 aromatic heterocycles. The number of H-pyrrole nitrogens is 1. The number of hydrogen-bond acceptors (Lipinski definition) is 12. The van der Waals surface area contributed by atoms with E-state index >= 15 is 0 Å². The number of carbonyl (C=O) groups is 5. The van der Waals surface area contributed by atoms with Crippen molar-refractivity contribution in [3.8, 4) is 0 Å². The molecule has 0 bridgehead atoms. The minimum absolute atomic E-state index is 0.0241. The lowest BCUT2D eigenvalue weighted by molar-refractivity contribution is -0.138. The molecule has 7 unspecified atom stereocenters. The van der Waals surface area contributed by atoms with E-state index in [2.05, 4.69) is 36.4 Å². The van der Waals surface area contributed by atoms with E-state index in [9.17, 15) is 44.4 Å². The summed E-state index contributed by atoms with van der Waals surface area (Å²) in [6.07, 6.45) is 0.645. The Balaban J connectivity index is 2.08. The summed E-state index contributed by atoms with van der Waals surface area (Å²) in [5, 5.41) is 51.6. The van der Waals surface area contributed by atoms with Crippen LogP contribution in [0.25, 0.3) is 0 Å². The third kappa shape index (κ3) is 12.0. The monoisotopic (exact) mass is 654 g/mol. The van der Waals surface area contributed by atoms with Crippen molar-refractivity contribution in [2.45, 2.75) is 95.9 Å². The van der Waals surface area contributed by atoms with Crippen LogP contribution in [0.5, 0.6) is 0 Å². The highest BCUT2D eigenvalue weighted by Gasteiger charge is 2.36. The van der Waals surface area contributed by atoms with Crippen LogP contribution in [-0.4, -0.2) is 133 Å². The van der Waals surface area contributed by atoms with Gasteiger partial charge in [-0.05, 0) is 32.1 Å². The highest BCUT2D eigenvalue weighted by molar-refractivity contribution is 5.95. The van der Waals surface area contributed by atoms with Gasteiger partial charge in [0.05, 0.1) is 25.3 Å². The van der Waals surface area contributed by atoms with Gasteiger partial charge in [0.25, 0.3) is 0 Å². The average molecular weight is 655 g/mol. The first-order chi connectivity index (χ1) is 21.7. The predicted octanol–water partition coefficient (Wildman–Crippen LogP) is -3.37. The van der Waals surface area contributed by atoms with Crippen molar-refractivity contribution >= 4 is 35.8 Å². The molecule has 0 radical (unpaired) electrons. The van der Waals surface area contributed by atoms with Gasteiger partial charge < -0.3 is 56.4 Å². The summed E-state index contributed by atoms with van der Waals surface area (Å²) in [4.78, 5) is 77.5. The van der Waals surface area contributed by atoms with Gasteiger partial charge in [-0.25, -0.2) is 4.98 Å². The molecule has 7 atom stereocenters. The Kier molecular flexibility index (Phi) is 15.5. The molecule has 18 nitrogen and oxygen atoms in total. The fourth-order valence-electron chi connectivity index (χ4n) is 4.69. The molecule has 1 aliphatic rings. The SMILES string of the molecule is CC(=O)N1CCCC1C(=O)NC(CC(C)C)C(=O)NC(Cc1cnc[nH]1)C(=O)NC(CO)C(=O)NCON=CC(O)C(O)C(C)O. The van der Waals surface area contributed by atoms with E-state index in [1.54, 1.807) is 0 Å². The van der Waals surface area contributed by atoms with Gasteiger partial charge in [-0.2, -0.15) is 0 Å². The number of carbonyl (C=O) groups excluding carboxylic acids is 5. The number of amides is 5. The van der Waals surface area contributed by atoms with Gasteiger partial charge >= 0.3 is 0 Å². The number of rotatable bonds is 18. The van der Waals surface area contributed by atoms with Crippen LogP contribution in [-0.2, 0) is 35.2 Å². The van der Waals surface area contributed by atoms with E-state index in [-0.39, 0.29) is 24.7 Å². The molecule has 2 heterocycles. The Bertz CT molecular complexity index is 1180. The number of nitrogens with zero attached hydrogens (tertiary/aromatic N) is 3. The van der Waals surface area contributed by atoms with Crippen molar-refractivity contribution in [1.29, 1.82) is 0 Å². The molecule has 1 aliphatic heterocycles. The van der Waals surface area contributed by atoms with Crippen molar-refractivity contribution in [2.24, 2.45) is 11.1 Å². The molecule has 0 aromatic carbocycles. The van der Waals surface area contributed by atoms with Crippen LogP contribution in [0.2, 0.25) is 0 Å². The summed E-state index contributed by atoms with van der Waals surface area (Å²) >= 11 is 0. The lowest BCUT2D eigenvalue weighted by atomic mass is 10.0. The molecule has 0 saturated carbocycles. The maximum Gasteiger partial charge on any atom is 0.247 e. The van der Waals surface area contributed by atoms with Crippen molar-refractivity contribution in [2.75, 3.05) is 19.9 Å². The highest BCUT2D eigenvalue weighted by atomic mass is 16.6. The van der Waals surface area contributed by atoms with E-state index in [1.165, 1.54) is 31.3 Å². The Labute approximate surface area is 266 Å². The van der Waals surface area contributed by atoms with Crippen LogP contribution in [0.3, 0.4) is 0 Å². The molecule has 1 fully saturated rings. The zero-order valence-electron chi connectivity index (χ0n) is 26.4. The average Bonchev–Trinajstić information content (AvgIpc) is 3.70. The number of aliphatic hydroxyl groups excluding tert-OH is 4. The second-order valence-corrected chi connectivity index (χ2v) is 11.4. The second-order valence-electron chi connectivity index (χ2n) is 11.4. The van der Waals surface area contributed by atoms with Crippen molar-refractivity contribution in [3.05, 3.63) is 18.2 Å². The summed E-state index contributed by atoms with van der Waals surface area (Å²) in [6, 6.07) is -4.46. The van der Waals surface area contributed by atoms with Crippen LogP contribution in [0, 0.1) is 5.92 Å². The van der Waals surface area contributed by atoms with Gasteiger partial charge in [0.15, 0.2) is 6.73 Å². The van der Waals surface area contributed by atoms with Crippen LogP contribution >= 0.6 is 0 Å². The first kappa shape index (κ1) is 38.1. The Hall–Kier alpha value is -4.13. The van der Waals surface area contributed by atoms with Crippen LogP contribution in [0.4, 0.5) is 0 Å². The zero-order valence-corrected chi connectivity index (χ0v) is 26.4. The molecule has 9 N–H and O–H groups in total. The Morgan fingerprint density at radius 2 is 1.74 bits per heavy atom. The molecule has 1 saturated heterocycles. The van der Waals surface area contributed by atoms with Crippen LogP contribution < -0.4 is 21.3 Å². The molecule has 258 valence electrons. The topological polar surface area (TPSA) is 268 Å². The number of likely N-dealkylation sites (tertiary alicyclic amines) is 1. The molecule has 18 heteroatoms. The summed E-state index contributed by atoms with van der Waals surface area (Å²) in [5.74, 6) is -3.08. The van der Waals surface area contributed by atoms with Gasteiger partial charge in [0, 0.05) is 31.8 Å². The normalized spacial score (nSPS) is 18.7. The van der Waals surface area contributed by atoms with Gasteiger partial charge in [0.1, 0.15) is 36.4 Å². The number of nitrogens with one attached hydrogen (secondary N) is 5. The number of oxime groups is 1. The van der Waals surface area contributed by atoms with E-state index in [0.29, 0.717) is 25.1 Å². The second kappa shape index (κ2) is 18.7. The van der Waals surface area contributed by atoms with E-state index in [0.717, 1.165) is 6.21 Å². The summed E-state index contributed by atoms with van der Waals surface area (Å²) in [5.41, 5.74) is 0.479. The van der Waals surface area contributed by atoms with Crippen molar-refractivity contribution < 1.29 is 49.2 Å². The maximum atomic E-state index is 13.5. The van der Waals surface area contributed by atoms with Gasteiger partial charge in [-0.15, -0.1) is 0 Å². The van der Waals surface area contributed by atoms with Gasteiger partial charge in [0.2, 0.25) is 29.5 Å². The van der Waals surface area contributed by atoms with Crippen molar-refractivity contribution in [3.63, 3.8) is 0 Å². The van der Waals surface area contributed by atoms with Crippen molar-refractivity contribution in [1.82, 2.24) is 36.1 Å². The largest absolute Gasteiger partial charge is 0.394 e. The zero-order chi connectivity index (χ0) is 34.4. The fraction of sp³-hybridized carbons (Fsp3) is 0.679. The summed E-state index contributed by atoms with van der Waals surface area (Å²) in [7, 11) is 0. The highest BCUT2D eigenvalue weighted by Crippen LogP contribution is 2.18. The quantitative estimate of drug-likeness (QED) is 0.0326. The number of imidazole rings is 1. The standard InChI is InChI=1S/C28H46N8O10/c1-15(2)8-19(34-28(45)22-6-5-7-36(22)17(4)39)26(43)33-20(9-18-10-29-13-30-18)27(44)35-21(12-37)25(42)31-14-46-32-11-23(40)24(41)16(3)38/h10-11,13,15-16,19-24,37-38,40-41H,5-9,12,14H2,1-4H3,(H,29,30)(H,31,42)(H,33,43)(H,34,45)(H,35,44). The van der Waals surface area contributed by atoms with Gasteiger partial charge in [-0.1, -0.05) is 19.0 Å². The fourth-order valence-corrected chi connectivity index (χ4v) is 4.69. The smallest absolute Gasteiger partial charge is 0.247 e. The lowest BCUT2D eigenvalue weighted by Gasteiger charge is -2.28. The lowest BCUT2D eigenvalue weighted by Crippen LogP contribution is -2.59. The summed E-state index contributed by atoms with van der Waals surface area (Å²) in [6.45, 7) is 5.45. The Morgan fingerprint density at radius 1 is 1.07 bits per heavy atom. The molecular weight excluding hydrogens is 608 g/mol. The molecule has 2 rings (SSSR count). The number of aromatic amines is 1. The third-order valence-electron chi connectivity index (χ3n) is 7.17. The molecule has 1 aromatic rings. The van der Waals surface area contributed by atoms with E-state index in [4.69, 9.17) is 4.84 Å². The molecule has 0 aliphatic carbocycles. The van der Waals surface area contributed by atoms with E-state index < -0.39 is 79.4 Å². The Morgan fingerprint density at radius 3 is 2.33 bits per heavy atom. The van der Waals surface area contributed by atoms with Crippen LogP contribution in [0.1, 0.15) is 52.7 Å². The van der Waals surface area contributed by atoms with Gasteiger partial charge in [-0.3, -0.25) is 24.0 Å². The van der Waals surface area contributed by atoms with Crippen LogP contribution in [0.15, 0.2) is 17.7 Å². The minimum atomic E-state index is -1.53. The number of hydrogen-bond donors (Lipinski definition) is 9. The first-order valence-corrected chi connectivity index (χ1v) is 15.0. The first-order valence-electron chi connectivity index (χ1n) is 15.0. The molecule has 5 amide bonds. The molecule has 46 heavy (non-hydrogen) atoms. The maximum absolute atomic E-state index is 13.5. The molecular formula is C28H46N8O10. The summed E-state index contributed by atoms with van der Waals surface area (Å²) < 4.78 is 0. The number of aliphatic hydroxyl groups is 4. The third-order valence-corrected chi connectivity index (χ3v) is 7.17. The van der Waals surface area contributed by atoms with E-state index in [1.807, 2.05) is 13.8 Å². The minimum Gasteiger partial charge on any atom is -0.394 e.